The van der Waals surface area contributed by atoms with E-state index in [-0.39, 0.29) is 19.2 Å². The fraction of sp³-hybridized carbons (Fsp3) is 0.750. The molecule has 0 atom stereocenters. The van der Waals surface area contributed by atoms with E-state index in [1.165, 1.54) is 0 Å². The SMILES string of the molecule is C=C(OCOCCOC(=O)C(C)(C)CC)C(F)(F)F. The number of carbonyl (C=O) groups is 1. The average Bonchev–Trinajstić information content (AvgIpc) is 2.31. The molecule has 0 aliphatic heterocycles. The Bertz CT molecular complexity index is 311. The highest BCUT2D eigenvalue weighted by atomic mass is 19.4. The highest BCUT2D eigenvalue weighted by Crippen LogP contribution is 2.24. The molecule has 0 amide bonds. The van der Waals surface area contributed by atoms with Gasteiger partial charge in [0.25, 0.3) is 0 Å². The summed E-state index contributed by atoms with van der Waals surface area (Å²) in [5, 5.41) is 0. The summed E-state index contributed by atoms with van der Waals surface area (Å²) < 4.78 is 49.7. The van der Waals surface area contributed by atoms with E-state index < -0.39 is 24.1 Å². The molecule has 0 aliphatic carbocycles. The zero-order valence-electron chi connectivity index (χ0n) is 11.3. The topological polar surface area (TPSA) is 44.8 Å². The molecule has 0 aromatic carbocycles. The number of alkyl halides is 3. The molecule has 7 heteroatoms. The molecule has 0 saturated carbocycles. The van der Waals surface area contributed by atoms with Crippen molar-refractivity contribution in [3.8, 4) is 0 Å². The van der Waals surface area contributed by atoms with Crippen molar-refractivity contribution in [2.24, 2.45) is 5.41 Å². The number of hydrogen-bond acceptors (Lipinski definition) is 4. The van der Waals surface area contributed by atoms with Crippen LogP contribution in [0.5, 0.6) is 0 Å². The lowest BCUT2D eigenvalue weighted by atomic mass is 9.91. The van der Waals surface area contributed by atoms with Crippen LogP contribution < -0.4 is 0 Å². The third-order valence-electron chi connectivity index (χ3n) is 2.53. The predicted octanol–water partition coefficient (Wildman–Crippen LogP) is 3.03. The Balaban J connectivity index is 3.68. The highest BCUT2D eigenvalue weighted by Gasteiger charge is 2.34. The van der Waals surface area contributed by atoms with E-state index in [1.807, 2.05) is 6.92 Å². The molecule has 0 rings (SSSR count). The Morgan fingerprint density at radius 1 is 1.16 bits per heavy atom. The van der Waals surface area contributed by atoms with E-state index in [9.17, 15) is 18.0 Å². The number of halogens is 3. The van der Waals surface area contributed by atoms with Gasteiger partial charge in [0, 0.05) is 0 Å². The van der Waals surface area contributed by atoms with E-state index in [4.69, 9.17) is 9.47 Å². The summed E-state index contributed by atoms with van der Waals surface area (Å²) in [6.45, 7) is 7.37. The first-order valence-electron chi connectivity index (χ1n) is 5.75. The Hall–Kier alpha value is -1.24. The average molecular weight is 284 g/mol. The minimum Gasteiger partial charge on any atom is -0.463 e. The van der Waals surface area contributed by atoms with Gasteiger partial charge in [-0.05, 0) is 20.3 Å². The van der Waals surface area contributed by atoms with Gasteiger partial charge >= 0.3 is 12.1 Å². The molecule has 0 fully saturated rings. The Morgan fingerprint density at radius 2 is 1.74 bits per heavy atom. The third-order valence-corrected chi connectivity index (χ3v) is 2.53. The van der Waals surface area contributed by atoms with Gasteiger partial charge in [-0.2, -0.15) is 13.2 Å². The largest absolute Gasteiger partial charge is 0.463 e. The number of ether oxygens (including phenoxy) is 3. The van der Waals surface area contributed by atoms with E-state index in [0.29, 0.717) is 6.42 Å². The van der Waals surface area contributed by atoms with Crippen molar-refractivity contribution in [1.82, 2.24) is 0 Å². The van der Waals surface area contributed by atoms with Gasteiger partial charge in [0.1, 0.15) is 6.61 Å². The van der Waals surface area contributed by atoms with Gasteiger partial charge in [0.15, 0.2) is 12.6 Å². The molecule has 112 valence electrons. The second-order valence-electron chi connectivity index (χ2n) is 4.46. The minimum atomic E-state index is -4.60. The summed E-state index contributed by atoms with van der Waals surface area (Å²) in [6, 6.07) is 0. The van der Waals surface area contributed by atoms with Crippen LogP contribution in [0.2, 0.25) is 0 Å². The van der Waals surface area contributed by atoms with Crippen molar-refractivity contribution in [2.75, 3.05) is 20.0 Å². The number of rotatable bonds is 8. The fourth-order valence-electron chi connectivity index (χ4n) is 0.787. The van der Waals surface area contributed by atoms with Crippen molar-refractivity contribution >= 4 is 5.97 Å². The molecule has 0 aliphatic rings. The van der Waals surface area contributed by atoms with E-state index in [2.05, 4.69) is 11.3 Å². The molecule has 0 aromatic heterocycles. The van der Waals surface area contributed by atoms with Crippen LogP contribution in [0.1, 0.15) is 27.2 Å². The Morgan fingerprint density at radius 3 is 2.21 bits per heavy atom. The lowest BCUT2D eigenvalue weighted by molar-refractivity contribution is -0.162. The number of allylic oxidation sites excluding steroid dienone is 1. The summed E-state index contributed by atoms with van der Waals surface area (Å²) in [5.74, 6) is -1.70. The van der Waals surface area contributed by atoms with Crippen molar-refractivity contribution < 1.29 is 32.2 Å². The quantitative estimate of drug-likeness (QED) is 0.297. The summed E-state index contributed by atoms with van der Waals surface area (Å²) in [7, 11) is 0. The van der Waals surface area contributed by atoms with Gasteiger partial charge in [-0.1, -0.05) is 13.5 Å². The zero-order valence-corrected chi connectivity index (χ0v) is 11.3. The standard InChI is InChI=1S/C12H19F3O4/c1-5-11(3,4)10(16)18-7-6-17-8-19-9(2)12(13,14)15/h2,5-8H2,1,3-4H3. The first-order chi connectivity index (χ1) is 8.61. The molecule has 0 spiro atoms. The minimum absolute atomic E-state index is 0.0376. The summed E-state index contributed by atoms with van der Waals surface area (Å²) >= 11 is 0. The number of carbonyl (C=O) groups excluding carboxylic acids is 1. The first-order valence-corrected chi connectivity index (χ1v) is 5.75. The molecule has 0 heterocycles. The maximum atomic E-state index is 12.0. The Labute approximate surface area is 110 Å². The second kappa shape index (κ2) is 7.37. The molecule has 0 bridgehead atoms. The van der Waals surface area contributed by atoms with Gasteiger partial charge in [-0.3, -0.25) is 4.79 Å². The van der Waals surface area contributed by atoms with Crippen molar-refractivity contribution in [3.05, 3.63) is 12.3 Å². The molecule has 4 nitrogen and oxygen atoms in total. The second-order valence-corrected chi connectivity index (χ2v) is 4.46. The maximum absolute atomic E-state index is 12.0. The molecule has 0 saturated heterocycles. The van der Waals surface area contributed by atoms with Crippen LogP contribution >= 0.6 is 0 Å². The first kappa shape index (κ1) is 17.8. The van der Waals surface area contributed by atoms with Gasteiger partial charge in [-0.25, -0.2) is 0 Å². The van der Waals surface area contributed by atoms with Crippen LogP contribution in [0.15, 0.2) is 12.3 Å². The third kappa shape index (κ3) is 7.05. The highest BCUT2D eigenvalue weighted by molar-refractivity contribution is 5.75. The lowest BCUT2D eigenvalue weighted by Gasteiger charge is -2.20. The molecule has 0 unspecified atom stereocenters. The molecule has 0 aromatic rings. The molecular weight excluding hydrogens is 265 g/mol. The fourth-order valence-corrected chi connectivity index (χ4v) is 0.787. The van der Waals surface area contributed by atoms with Crippen LogP contribution in [0.25, 0.3) is 0 Å². The summed E-state index contributed by atoms with van der Waals surface area (Å²) in [5.41, 5.74) is -0.582. The van der Waals surface area contributed by atoms with Crippen LogP contribution in [0, 0.1) is 5.41 Å². The number of hydrogen-bond donors (Lipinski definition) is 0. The van der Waals surface area contributed by atoms with E-state index in [1.54, 1.807) is 13.8 Å². The van der Waals surface area contributed by atoms with Gasteiger partial charge in [0.2, 0.25) is 0 Å². The predicted molar refractivity (Wildman–Crippen MR) is 62.1 cm³/mol. The monoisotopic (exact) mass is 284 g/mol. The van der Waals surface area contributed by atoms with Gasteiger partial charge in [-0.15, -0.1) is 0 Å². The van der Waals surface area contributed by atoms with Crippen LogP contribution in [-0.2, 0) is 19.0 Å². The summed E-state index contributed by atoms with van der Waals surface area (Å²) in [6.07, 6.45) is -3.97. The molecular formula is C12H19F3O4. The van der Waals surface area contributed by atoms with Gasteiger partial charge < -0.3 is 14.2 Å². The summed E-state index contributed by atoms with van der Waals surface area (Å²) in [4.78, 5) is 11.5. The van der Waals surface area contributed by atoms with Crippen molar-refractivity contribution in [2.45, 2.75) is 33.4 Å². The van der Waals surface area contributed by atoms with E-state index in [0.717, 1.165) is 0 Å². The van der Waals surface area contributed by atoms with Crippen LogP contribution in [0.3, 0.4) is 0 Å². The zero-order chi connectivity index (χ0) is 15.1. The van der Waals surface area contributed by atoms with Crippen LogP contribution in [0.4, 0.5) is 13.2 Å². The normalized spacial score (nSPS) is 12.1. The smallest absolute Gasteiger partial charge is 0.448 e. The van der Waals surface area contributed by atoms with Crippen molar-refractivity contribution in [1.29, 1.82) is 0 Å². The van der Waals surface area contributed by atoms with Crippen molar-refractivity contribution in [3.63, 3.8) is 0 Å². The Kier molecular flexibility index (Phi) is 6.89. The van der Waals surface area contributed by atoms with E-state index >= 15 is 0 Å². The molecule has 0 radical (unpaired) electrons. The lowest BCUT2D eigenvalue weighted by Crippen LogP contribution is -2.27. The van der Waals surface area contributed by atoms with Crippen LogP contribution in [-0.4, -0.2) is 32.2 Å². The molecule has 19 heavy (non-hydrogen) atoms. The number of esters is 1. The molecule has 0 N–H and O–H groups in total. The maximum Gasteiger partial charge on any atom is 0.448 e. The van der Waals surface area contributed by atoms with Gasteiger partial charge in [0.05, 0.1) is 12.0 Å².